The van der Waals surface area contributed by atoms with Gasteiger partial charge < -0.3 is 9.84 Å². The molecule has 0 spiro atoms. The van der Waals surface area contributed by atoms with Gasteiger partial charge in [-0.1, -0.05) is 72.8 Å². The van der Waals surface area contributed by atoms with Gasteiger partial charge in [-0.2, -0.15) is 5.48 Å². The molecular weight excluding hydrogens is 406 g/mol. The van der Waals surface area contributed by atoms with Crippen LogP contribution in [0.2, 0.25) is 0 Å². The summed E-state index contributed by atoms with van der Waals surface area (Å²) >= 11 is 0. The van der Waals surface area contributed by atoms with Crippen molar-refractivity contribution in [2.45, 2.75) is 31.8 Å². The van der Waals surface area contributed by atoms with Gasteiger partial charge in [-0.05, 0) is 39.8 Å². The third-order valence-corrected chi connectivity index (χ3v) is 5.50. The number of fused-ring (bicyclic) bond motifs is 3. The molecule has 0 aromatic heterocycles. The van der Waals surface area contributed by atoms with Gasteiger partial charge in [0.2, 0.25) is 0 Å². The van der Waals surface area contributed by atoms with E-state index in [-0.39, 0.29) is 13.2 Å². The van der Waals surface area contributed by atoms with E-state index in [4.69, 9.17) is 9.57 Å². The summed E-state index contributed by atoms with van der Waals surface area (Å²) in [5, 5.41) is 9.67. The Morgan fingerprint density at radius 1 is 1.00 bits per heavy atom. The Morgan fingerprint density at radius 2 is 1.75 bits per heavy atom. The summed E-state index contributed by atoms with van der Waals surface area (Å²) in [6.07, 6.45) is 0.815. The van der Waals surface area contributed by atoms with Gasteiger partial charge in [0, 0.05) is 6.08 Å². The molecule has 0 fully saturated rings. The second kappa shape index (κ2) is 10.2. The monoisotopic (exact) mass is 429 g/mol. The normalized spacial score (nSPS) is 13.5. The number of carboxylic acid groups (broad SMARTS) is 1. The molecule has 0 aliphatic heterocycles. The fraction of sp³-hybridized carbons (Fsp3) is 0.192. The van der Waals surface area contributed by atoms with E-state index in [1.807, 2.05) is 54.6 Å². The number of carbonyl (C=O) groups is 1. The van der Waals surface area contributed by atoms with Crippen LogP contribution in [0.15, 0.2) is 78.9 Å². The number of aliphatic carboxylic acids is 1. The highest BCUT2D eigenvalue weighted by Crippen LogP contribution is 2.38. The van der Waals surface area contributed by atoms with Crippen LogP contribution in [0, 0.1) is 0 Å². The largest absolute Gasteiger partial charge is 0.480 e. The van der Waals surface area contributed by atoms with Crippen LogP contribution in [0.3, 0.4) is 0 Å². The van der Waals surface area contributed by atoms with Gasteiger partial charge in [0.05, 0.1) is 13.2 Å². The highest BCUT2D eigenvalue weighted by atomic mass is 16.6. The summed E-state index contributed by atoms with van der Waals surface area (Å²) in [4.78, 5) is 28.4. The molecule has 3 aromatic carbocycles. The lowest BCUT2D eigenvalue weighted by Crippen LogP contribution is -2.46. The molecule has 4 rings (SSSR count). The highest BCUT2D eigenvalue weighted by molar-refractivity contribution is 5.78. The molecule has 1 aliphatic rings. The molecule has 0 heterocycles. The zero-order valence-electron chi connectivity index (χ0n) is 17.4. The van der Waals surface area contributed by atoms with Gasteiger partial charge in [-0.3, -0.25) is 9.63 Å². The SMILES string of the molecule is O=C=CC(OCc1ccccc1)C(NOCc1cccc2c1Cc1ccccc1-2)C(=O)O. The minimum absolute atomic E-state index is 0.152. The summed E-state index contributed by atoms with van der Waals surface area (Å²) in [6.45, 7) is 0.330. The molecule has 6 heteroatoms. The molecule has 0 saturated heterocycles. The molecule has 2 unspecified atom stereocenters. The third-order valence-electron chi connectivity index (χ3n) is 5.50. The molecule has 32 heavy (non-hydrogen) atoms. The van der Waals surface area contributed by atoms with Crippen molar-refractivity contribution in [2.75, 3.05) is 0 Å². The molecule has 1 aliphatic carbocycles. The van der Waals surface area contributed by atoms with Crippen LogP contribution in [0.5, 0.6) is 0 Å². The minimum atomic E-state index is -1.27. The van der Waals surface area contributed by atoms with E-state index in [0.717, 1.165) is 23.6 Å². The van der Waals surface area contributed by atoms with Crippen molar-refractivity contribution in [1.29, 1.82) is 0 Å². The molecule has 6 nitrogen and oxygen atoms in total. The lowest BCUT2D eigenvalue weighted by Gasteiger charge is -2.22. The maximum Gasteiger partial charge on any atom is 0.326 e. The molecule has 2 N–H and O–H groups in total. The van der Waals surface area contributed by atoms with Crippen LogP contribution >= 0.6 is 0 Å². The maximum atomic E-state index is 11.8. The van der Waals surface area contributed by atoms with E-state index in [1.54, 1.807) is 5.94 Å². The first kappa shape index (κ1) is 21.7. The van der Waals surface area contributed by atoms with Gasteiger partial charge in [0.1, 0.15) is 12.0 Å². The summed E-state index contributed by atoms with van der Waals surface area (Å²) in [6, 6.07) is 22.3. The number of carbonyl (C=O) groups excluding carboxylic acids is 1. The topological polar surface area (TPSA) is 84.9 Å². The molecule has 162 valence electrons. The Labute approximate surface area is 186 Å². The summed E-state index contributed by atoms with van der Waals surface area (Å²) in [5.74, 6) is 0.439. The average molecular weight is 429 g/mol. The molecular formula is C26H23NO5. The van der Waals surface area contributed by atoms with Crippen molar-refractivity contribution in [3.8, 4) is 11.1 Å². The number of nitrogens with one attached hydrogen (secondary N) is 1. The number of benzene rings is 3. The molecule has 0 radical (unpaired) electrons. The van der Waals surface area contributed by atoms with Crippen molar-refractivity contribution in [2.24, 2.45) is 0 Å². The second-order valence-electron chi connectivity index (χ2n) is 7.55. The first-order valence-electron chi connectivity index (χ1n) is 10.3. The van der Waals surface area contributed by atoms with Gasteiger partial charge >= 0.3 is 5.97 Å². The van der Waals surface area contributed by atoms with Crippen LogP contribution in [0.25, 0.3) is 11.1 Å². The number of rotatable bonds is 10. The Kier molecular flexibility index (Phi) is 6.90. The molecule has 0 saturated carbocycles. The lowest BCUT2D eigenvalue weighted by molar-refractivity contribution is -0.150. The van der Waals surface area contributed by atoms with Crippen LogP contribution in [-0.2, 0) is 38.8 Å². The minimum Gasteiger partial charge on any atom is -0.480 e. The van der Waals surface area contributed by atoms with Crippen LogP contribution < -0.4 is 5.48 Å². The van der Waals surface area contributed by atoms with Crippen molar-refractivity contribution >= 4 is 11.9 Å². The predicted molar refractivity (Wildman–Crippen MR) is 119 cm³/mol. The Bertz CT molecular complexity index is 1140. The van der Waals surface area contributed by atoms with Gasteiger partial charge in [-0.25, -0.2) is 4.79 Å². The standard InChI is InChI=1S/C26H23NO5/c28-14-13-24(31-16-18-7-2-1-3-8-18)25(26(29)30)27-32-17-20-10-6-12-22-21-11-5-4-9-19(21)15-23(20)22/h1-13,24-25,27H,15-17H2,(H,29,30). The highest BCUT2D eigenvalue weighted by Gasteiger charge is 2.28. The molecule has 2 atom stereocenters. The third kappa shape index (κ3) is 4.85. The molecule has 0 bridgehead atoms. The van der Waals surface area contributed by atoms with Crippen LogP contribution in [0.1, 0.15) is 22.3 Å². The number of carboxylic acids is 1. The summed E-state index contributed by atoms with van der Waals surface area (Å²) < 4.78 is 5.67. The van der Waals surface area contributed by atoms with Crippen molar-refractivity contribution in [3.05, 3.63) is 101 Å². The first-order chi connectivity index (χ1) is 15.7. The number of hydrogen-bond donors (Lipinski definition) is 2. The fourth-order valence-corrected chi connectivity index (χ4v) is 3.90. The fourth-order valence-electron chi connectivity index (χ4n) is 3.90. The van der Waals surface area contributed by atoms with E-state index >= 15 is 0 Å². The van der Waals surface area contributed by atoms with Crippen molar-refractivity contribution in [3.63, 3.8) is 0 Å². The zero-order chi connectivity index (χ0) is 22.3. The van der Waals surface area contributed by atoms with Gasteiger partial charge in [0.25, 0.3) is 0 Å². The van der Waals surface area contributed by atoms with Crippen LogP contribution in [0.4, 0.5) is 0 Å². The average Bonchev–Trinajstić information content (AvgIpc) is 3.20. The summed E-state index contributed by atoms with van der Waals surface area (Å²) in [7, 11) is 0. The predicted octanol–water partition coefficient (Wildman–Crippen LogP) is 3.71. The van der Waals surface area contributed by atoms with E-state index in [9.17, 15) is 14.7 Å². The van der Waals surface area contributed by atoms with Crippen LogP contribution in [-0.4, -0.2) is 29.2 Å². The van der Waals surface area contributed by atoms with E-state index in [2.05, 4.69) is 23.7 Å². The Balaban J connectivity index is 1.42. The van der Waals surface area contributed by atoms with Gasteiger partial charge in [-0.15, -0.1) is 0 Å². The van der Waals surface area contributed by atoms with E-state index < -0.39 is 18.1 Å². The van der Waals surface area contributed by atoms with Crippen molar-refractivity contribution in [1.82, 2.24) is 5.48 Å². The van der Waals surface area contributed by atoms with E-state index in [0.29, 0.717) is 0 Å². The number of hydroxylamine groups is 1. The quantitative estimate of drug-likeness (QED) is 0.295. The molecule has 0 amide bonds. The summed E-state index contributed by atoms with van der Waals surface area (Å²) in [5.41, 5.74) is 9.22. The maximum absolute atomic E-state index is 11.8. The Hall–Kier alpha value is -3.54. The number of ether oxygens (including phenoxy) is 1. The van der Waals surface area contributed by atoms with Crippen molar-refractivity contribution < 1.29 is 24.3 Å². The van der Waals surface area contributed by atoms with E-state index in [1.165, 1.54) is 22.3 Å². The lowest BCUT2D eigenvalue weighted by atomic mass is 10.0. The number of hydrogen-bond acceptors (Lipinski definition) is 5. The first-order valence-corrected chi connectivity index (χ1v) is 10.3. The smallest absolute Gasteiger partial charge is 0.326 e. The Morgan fingerprint density at radius 3 is 2.53 bits per heavy atom. The molecule has 3 aromatic rings. The van der Waals surface area contributed by atoms with Gasteiger partial charge in [0.15, 0.2) is 6.04 Å². The zero-order valence-corrected chi connectivity index (χ0v) is 17.4. The second-order valence-corrected chi connectivity index (χ2v) is 7.55.